The van der Waals surface area contributed by atoms with Crippen LogP contribution in [-0.2, 0) is 0 Å². The van der Waals surface area contributed by atoms with Crippen molar-refractivity contribution in [2.24, 2.45) is 0 Å². The highest BCUT2D eigenvalue weighted by Gasteiger charge is 2.49. The number of halogens is 3. The molecule has 3 aromatic heterocycles. The highest BCUT2D eigenvalue weighted by Crippen LogP contribution is 2.41. The van der Waals surface area contributed by atoms with Gasteiger partial charge in [-0.05, 0) is 51.1 Å². The minimum atomic E-state index is -0.903. The molecule has 0 aliphatic carbocycles. The van der Waals surface area contributed by atoms with Crippen molar-refractivity contribution < 1.29 is 18.3 Å². The number of anilines is 1. The lowest BCUT2D eigenvalue weighted by Crippen LogP contribution is -2.43. The molecule has 0 bridgehead atoms. The van der Waals surface area contributed by atoms with E-state index in [9.17, 15) is 9.18 Å². The SMILES string of the molecule is CSC(=O)NC1C[C@@H](C)N(c2nc(OC[C@@]34CCCN3C[C@H](F)C4)nc3c(F)c(-c4cc(Cl)cc5[nH]ncc45)ncc23)C1. The molecule has 3 saturated heterocycles. The summed E-state index contributed by atoms with van der Waals surface area (Å²) in [6, 6.07) is 3.28. The third-order valence-corrected chi connectivity index (χ3v) is 9.71. The van der Waals surface area contributed by atoms with Gasteiger partial charge in [-0.15, -0.1) is 0 Å². The predicted octanol–water partition coefficient (Wildman–Crippen LogP) is 5.36. The molecular formula is C29H31ClF2N8O2S. The number of hydrogen-bond acceptors (Lipinski definition) is 9. The second-order valence-corrected chi connectivity index (χ2v) is 12.9. The van der Waals surface area contributed by atoms with Crippen LogP contribution in [0.2, 0.25) is 5.02 Å². The van der Waals surface area contributed by atoms with E-state index in [0.29, 0.717) is 58.6 Å². The van der Waals surface area contributed by atoms with E-state index in [4.69, 9.17) is 21.3 Å². The molecule has 1 aromatic carbocycles. The number of H-pyrrole nitrogens is 1. The summed E-state index contributed by atoms with van der Waals surface area (Å²) in [4.78, 5) is 30.2. The molecule has 0 spiro atoms. The van der Waals surface area contributed by atoms with Gasteiger partial charge in [0.15, 0.2) is 5.82 Å². The van der Waals surface area contributed by atoms with Crippen LogP contribution in [0, 0.1) is 5.82 Å². The van der Waals surface area contributed by atoms with E-state index in [1.54, 1.807) is 30.8 Å². The van der Waals surface area contributed by atoms with E-state index in [0.717, 1.165) is 31.1 Å². The topological polar surface area (TPSA) is 112 Å². The van der Waals surface area contributed by atoms with E-state index in [-0.39, 0.29) is 41.2 Å². The lowest BCUT2D eigenvalue weighted by molar-refractivity contribution is 0.107. The molecule has 0 radical (unpaired) electrons. The van der Waals surface area contributed by atoms with Gasteiger partial charge >= 0.3 is 6.01 Å². The highest BCUT2D eigenvalue weighted by molar-refractivity contribution is 8.12. The maximum Gasteiger partial charge on any atom is 0.319 e. The van der Waals surface area contributed by atoms with E-state index < -0.39 is 17.5 Å². The fraction of sp³-hybridized carbons (Fsp3) is 0.483. The number of aromatic amines is 1. The molecule has 43 heavy (non-hydrogen) atoms. The van der Waals surface area contributed by atoms with Crippen LogP contribution in [0.1, 0.15) is 32.6 Å². The lowest BCUT2D eigenvalue weighted by atomic mass is 9.95. The Hall–Kier alpha value is -3.29. The van der Waals surface area contributed by atoms with Gasteiger partial charge in [0, 0.05) is 53.8 Å². The van der Waals surface area contributed by atoms with Gasteiger partial charge in [0.1, 0.15) is 29.8 Å². The Morgan fingerprint density at radius 3 is 2.98 bits per heavy atom. The number of carbonyl (C=O) groups is 1. The van der Waals surface area contributed by atoms with Crippen LogP contribution in [0.15, 0.2) is 24.5 Å². The van der Waals surface area contributed by atoms with E-state index in [1.165, 1.54) is 0 Å². The van der Waals surface area contributed by atoms with Gasteiger partial charge in [0.2, 0.25) is 0 Å². The number of nitrogens with zero attached hydrogens (tertiary/aromatic N) is 6. The predicted molar refractivity (Wildman–Crippen MR) is 163 cm³/mol. The summed E-state index contributed by atoms with van der Waals surface area (Å²) in [7, 11) is 0. The van der Waals surface area contributed by atoms with Gasteiger partial charge in [-0.1, -0.05) is 23.4 Å². The third kappa shape index (κ3) is 5.04. The standard InChI is InChI=1S/C29H31ClF2N8O2S/c1-15-6-18(35-28(41)43-2)13-40(15)26-21-10-33-24(19-7-16(30)8-22-20(19)11-34-38-22)23(32)25(21)36-27(37-26)42-14-29-4-3-5-39(29)12-17(31)9-29/h7-8,10-11,15,17-18H,3-6,9,12-14H2,1-2H3,(H,34,38)(H,35,41)/t15-,17-,18?,29+/m1/s1. The van der Waals surface area contributed by atoms with Crippen LogP contribution in [0.3, 0.4) is 0 Å². The number of alkyl halides is 1. The van der Waals surface area contributed by atoms with E-state index in [2.05, 4.69) is 30.4 Å². The van der Waals surface area contributed by atoms with Crippen molar-refractivity contribution in [1.82, 2.24) is 35.4 Å². The number of amides is 1. The smallest absolute Gasteiger partial charge is 0.319 e. The second kappa shape index (κ2) is 11.0. The number of carbonyl (C=O) groups excluding carboxylic acids is 1. The fourth-order valence-electron chi connectivity index (χ4n) is 7.01. The molecule has 10 nitrogen and oxygen atoms in total. The Morgan fingerprint density at radius 1 is 1.28 bits per heavy atom. The first-order valence-electron chi connectivity index (χ1n) is 14.4. The largest absolute Gasteiger partial charge is 0.461 e. The zero-order chi connectivity index (χ0) is 29.9. The van der Waals surface area contributed by atoms with Crippen molar-refractivity contribution in [3.05, 3.63) is 35.4 Å². The second-order valence-electron chi connectivity index (χ2n) is 11.7. The molecule has 6 heterocycles. The molecule has 4 atom stereocenters. The van der Waals surface area contributed by atoms with Crippen molar-refractivity contribution >= 4 is 56.2 Å². The lowest BCUT2D eigenvalue weighted by Gasteiger charge is -2.31. The number of rotatable bonds is 6. The Morgan fingerprint density at radius 2 is 2.14 bits per heavy atom. The average Bonchev–Trinajstić information content (AvgIpc) is 3.75. The highest BCUT2D eigenvalue weighted by atomic mass is 35.5. The van der Waals surface area contributed by atoms with Crippen LogP contribution in [0.4, 0.5) is 19.4 Å². The van der Waals surface area contributed by atoms with Crippen molar-refractivity contribution in [3.8, 4) is 17.3 Å². The Balaban J connectivity index is 1.32. The molecule has 226 valence electrons. The summed E-state index contributed by atoms with van der Waals surface area (Å²) in [5.41, 5.74) is 0.854. The molecule has 1 unspecified atom stereocenters. The third-order valence-electron chi connectivity index (χ3n) is 9.01. The fourth-order valence-corrected chi connectivity index (χ4v) is 7.51. The van der Waals surface area contributed by atoms with Crippen molar-refractivity contribution in [2.45, 2.75) is 56.4 Å². The number of thioether (sulfide) groups is 1. The Kier molecular flexibility index (Phi) is 7.29. The number of pyridine rings is 1. The first-order valence-corrected chi connectivity index (χ1v) is 16.0. The summed E-state index contributed by atoms with van der Waals surface area (Å²) in [6.07, 6.45) is 6.89. The molecule has 3 aliphatic heterocycles. The minimum absolute atomic E-state index is 0.00891. The first kappa shape index (κ1) is 28.5. The molecule has 3 fully saturated rings. The molecule has 2 N–H and O–H groups in total. The zero-order valence-corrected chi connectivity index (χ0v) is 25.3. The van der Waals surface area contributed by atoms with E-state index >= 15 is 4.39 Å². The molecule has 1 amide bonds. The van der Waals surface area contributed by atoms with Gasteiger partial charge in [-0.2, -0.15) is 15.1 Å². The minimum Gasteiger partial charge on any atom is -0.461 e. The molecule has 4 aromatic rings. The molecule has 14 heteroatoms. The normalized spacial score (nSPS) is 25.6. The number of aromatic nitrogens is 5. The monoisotopic (exact) mass is 628 g/mol. The summed E-state index contributed by atoms with van der Waals surface area (Å²) >= 11 is 7.48. The molecule has 7 rings (SSSR count). The summed E-state index contributed by atoms with van der Waals surface area (Å²) in [5, 5.41) is 11.4. The molecular weight excluding hydrogens is 598 g/mol. The van der Waals surface area contributed by atoms with Gasteiger partial charge in [0.05, 0.1) is 22.6 Å². The van der Waals surface area contributed by atoms with Gasteiger partial charge in [-0.25, -0.2) is 8.78 Å². The Labute approximate surface area is 255 Å². The Bertz CT molecular complexity index is 1730. The van der Waals surface area contributed by atoms with Crippen molar-refractivity contribution in [2.75, 3.05) is 37.4 Å². The number of fused-ring (bicyclic) bond motifs is 3. The number of hydrogen-bond donors (Lipinski definition) is 2. The van der Waals surface area contributed by atoms with Crippen molar-refractivity contribution in [3.63, 3.8) is 0 Å². The van der Waals surface area contributed by atoms with Crippen LogP contribution >= 0.6 is 23.4 Å². The summed E-state index contributed by atoms with van der Waals surface area (Å²) in [5.74, 6) is -0.165. The maximum absolute atomic E-state index is 16.5. The van der Waals surface area contributed by atoms with Crippen LogP contribution < -0.4 is 15.0 Å². The number of nitrogens with one attached hydrogen (secondary N) is 2. The number of benzene rings is 1. The number of ether oxygens (including phenoxy) is 1. The summed E-state index contributed by atoms with van der Waals surface area (Å²) in [6.45, 7) is 3.95. The van der Waals surface area contributed by atoms with Gasteiger partial charge < -0.3 is 15.0 Å². The van der Waals surface area contributed by atoms with Crippen LogP contribution in [0.25, 0.3) is 33.1 Å². The van der Waals surface area contributed by atoms with Crippen molar-refractivity contribution in [1.29, 1.82) is 0 Å². The molecule has 0 saturated carbocycles. The van der Waals surface area contributed by atoms with Crippen LogP contribution in [0.5, 0.6) is 6.01 Å². The zero-order valence-electron chi connectivity index (χ0n) is 23.7. The van der Waals surface area contributed by atoms with Gasteiger partial charge in [0.25, 0.3) is 5.24 Å². The molecule has 3 aliphatic rings. The van der Waals surface area contributed by atoms with E-state index in [1.807, 2.05) is 11.8 Å². The quantitative estimate of drug-likeness (QED) is 0.292. The summed E-state index contributed by atoms with van der Waals surface area (Å²) < 4.78 is 37.2. The maximum atomic E-state index is 16.5. The average molecular weight is 629 g/mol. The van der Waals surface area contributed by atoms with Crippen LogP contribution in [-0.4, -0.2) is 91.6 Å². The van der Waals surface area contributed by atoms with Gasteiger partial charge in [-0.3, -0.25) is 19.8 Å². The first-order chi connectivity index (χ1) is 20.7.